The van der Waals surface area contributed by atoms with Gasteiger partial charge in [0.2, 0.25) is 0 Å². The summed E-state index contributed by atoms with van der Waals surface area (Å²) in [5.41, 5.74) is 6.74. The van der Waals surface area contributed by atoms with Gasteiger partial charge in [0.05, 0.1) is 10.7 Å². The Kier molecular flexibility index (Phi) is 4.64. The Morgan fingerprint density at radius 2 is 2.50 bits per heavy atom. The molecule has 5 heteroatoms. The molecule has 0 spiro atoms. The highest BCUT2D eigenvalue weighted by atomic mass is 32.2. The maximum atomic E-state index is 5.53. The minimum atomic E-state index is 0.679. The lowest BCUT2D eigenvalue weighted by Gasteiger charge is -2.32. The van der Waals surface area contributed by atoms with E-state index < -0.39 is 0 Å². The van der Waals surface area contributed by atoms with E-state index in [2.05, 4.69) is 33.9 Å². The van der Waals surface area contributed by atoms with Crippen molar-refractivity contribution in [3.8, 4) is 0 Å². The lowest BCUT2D eigenvalue weighted by Crippen LogP contribution is -2.39. The number of rotatable bonds is 4. The Labute approximate surface area is 105 Å². The zero-order chi connectivity index (χ0) is 11.4. The summed E-state index contributed by atoms with van der Waals surface area (Å²) in [4.78, 5) is 7.14. The molecule has 3 nitrogen and oxygen atoms in total. The predicted octanol–water partition coefficient (Wildman–Crippen LogP) is 1.58. The molecule has 0 aromatic carbocycles. The number of thiazole rings is 1. The van der Waals surface area contributed by atoms with Crippen LogP contribution in [0.25, 0.3) is 0 Å². The Hall–Kier alpha value is -0.100. The normalized spacial score (nSPS) is 22.5. The van der Waals surface area contributed by atoms with Gasteiger partial charge in [0.25, 0.3) is 0 Å². The van der Waals surface area contributed by atoms with Crippen LogP contribution in [0.1, 0.15) is 17.6 Å². The van der Waals surface area contributed by atoms with Crippen LogP contribution in [0, 0.1) is 0 Å². The number of hydrogen-bond acceptors (Lipinski definition) is 5. The lowest BCUT2D eigenvalue weighted by atomic mass is 10.3. The van der Waals surface area contributed by atoms with E-state index in [4.69, 9.17) is 5.73 Å². The smallest absolute Gasteiger partial charge is 0.0941 e. The first-order chi connectivity index (χ1) is 7.79. The molecule has 0 bridgehead atoms. The molecular weight excluding hydrogens is 238 g/mol. The quantitative estimate of drug-likeness (QED) is 0.889. The molecule has 0 amide bonds. The van der Waals surface area contributed by atoms with Crippen LogP contribution >= 0.6 is 23.1 Å². The van der Waals surface area contributed by atoms with Gasteiger partial charge in [-0.3, -0.25) is 4.90 Å². The topological polar surface area (TPSA) is 42.1 Å². The van der Waals surface area contributed by atoms with E-state index in [1.54, 1.807) is 11.3 Å². The van der Waals surface area contributed by atoms with Crippen molar-refractivity contribution in [2.75, 3.05) is 24.6 Å². The summed E-state index contributed by atoms with van der Waals surface area (Å²) in [6.45, 7) is 5.20. The fourth-order valence-corrected chi connectivity index (χ4v) is 3.75. The molecule has 1 aromatic rings. The van der Waals surface area contributed by atoms with Gasteiger partial charge < -0.3 is 5.73 Å². The van der Waals surface area contributed by atoms with Gasteiger partial charge in [-0.25, -0.2) is 4.98 Å². The second-order valence-corrected chi connectivity index (χ2v) is 6.26. The van der Waals surface area contributed by atoms with Crippen molar-refractivity contribution in [3.05, 3.63) is 16.1 Å². The fourth-order valence-electron chi connectivity index (χ4n) is 1.86. The minimum absolute atomic E-state index is 0.679. The van der Waals surface area contributed by atoms with Crippen LogP contribution in [-0.2, 0) is 13.0 Å². The van der Waals surface area contributed by atoms with E-state index >= 15 is 0 Å². The second-order valence-electron chi connectivity index (χ2n) is 4.17. The largest absolute Gasteiger partial charge is 0.330 e. The number of thioether (sulfide) groups is 1. The Morgan fingerprint density at radius 1 is 1.62 bits per heavy atom. The molecule has 0 aliphatic carbocycles. The van der Waals surface area contributed by atoms with Crippen molar-refractivity contribution in [1.82, 2.24) is 9.88 Å². The molecule has 0 radical (unpaired) electrons. The third-order valence-corrected chi connectivity index (χ3v) is 4.97. The summed E-state index contributed by atoms with van der Waals surface area (Å²) in [7, 11) is 0. The molecule has 1 saturated heterocycles. The molecule has 90 valence electrons. The first kappa shape index (κ1) is 12.4. The predicted molar refractivity (Wildman–Crippen MR) is 72.1 cm³/mol. The number of aromatic nitrogens is 1. The Bertz CT molecular complexity index is 327. The SMILES string of the molecule is CC1CSCCN1Cc1csc(CCN)n1. The summed E-state index contributed by atoms with van der Waals surface area (Å²) >= 11 is 3.80. The van der Waals surface area contributed by atoms with Crippen LogP contribution in [-0.4, -0.2) is 40.5 Å². The van der Waals surface area contributed by atoms with E-state index in [0.717, 1.165) is 13.0 Å². The summed E-state index contributed by atoms with van der Waals surface area (Å²) in [5.74, 6) is 2.50. The van der Waals surface area contributed by atoms with Gasteiger partial charge in [-0.05, 0) is 13.5 Å². The van der Waals surface area contributed by atoms with E-state index in [-0.39, 0.29) is 0 Å². The van der Waals surface area contributed by atoms with Crippen molar-refractivity contribution in [3.63, 3.8) is 0 Å². The van der Waals surface area contributed by atoms with Gasteiger partial charge in [0.15, 0.2) is 0 Å². The summed E-state index contributed by atoms with van der Waals surface area (Å²) in [6.07, 6.45) is 0.913. The van der Waals surface area contributed by atoms with Crippen LogP contribution in [0.3, 0.4) is 0 Å². The first-order valence-electron chi connectivity index (χ1n) is 5.74. The second kappa shape index (κ2) is 6.00. The third kappa shape index (κ3) is 3.20. The highest BCUT2D eigenvalue weighted by molar-refractivity contribution is 7.99. The fraction of sp³-hybridized carbons (Fsp3) is 0.727. The van der Waals surface area contributed by atoms with Crippen molar-refractivity contribution < 1.29 is 0 Å². The Morgan fingerprint density at radius 3 is 3.25 bits per heavy atom. The highest BCUT2D eigenvalue weighted by Crippen LogP contribution is 2.19. The number of hydrogen-bond donors (Lipinski definition) is 1. The monoisotopic (exact) mass is 257 g/mol. The standard InChI is InChI=1S/C11H19N3S2/c1-9-7-15-5-4-14(9)6-10-8-16-11(13-10)2-3-12/h8-9H,2-7,12H2,1H3. The lowest BCUT2D eigenvalue weighted by molar-refractivity contribution is 0.221. The molecule has 1 aromatic heterocycles. The van der Waals surface area contributed by atoms with E-state index in [1.165, 1.54) is 28.8 Å². The average molecular weight is 257 g/mol. The van der Waals surface area contributed by atoms with E-state index in [0.29, 0.717) is 12.6 Å². The molecule has 2 N–H and O–H groups in total. The zero-order valence-electron chi connectivity index (χ0n) is 9.69. The van der Waals surface area contributed by atoms with Gasteiger partial charge >= 0.3 is 0 Å². The van der Waals surface area contributed by atoms with E-state index in [9.17, 15) is 0 Å². The molecule has 1 atom stereocenters. The van der Waals surface area contributed by atoms with Gasteiger partial charge in [-0.15, -0.1) is 11.3 Å². The van der Waals surface area contributed by atoms with Gasteiger partial charge in [-0.1, -0.05) is 0 Å². The third-order valence-electron chi connectivity index (χ3n) is 2.83. The van der Waals surface area contributed by atoms with Crippen LogP contribution in [0.2, 0.25) is 0 Å². The molecular formula is C11H19N3S2. The van der Waals surface area contributed by atoms with Crippen LogP contribution < -0.4 is 5.73 Å². The Balaban J connectivity index is 1.91. The van der Waals surface area contributed by atoms with Gasteiger partial charge in [0.1, 0.15) is 0 Å². The van der Waals surface area contributed by atoms with Crippen LogP contribution in [0.5, 0.6) is 0 Å². The highest BCUT2D eigenvalue weighted by Gasteiger charge is 2.19. The molecule has 2 rings (SSSR count). The van der Waals surface area contributed by atoms with Crippen molar-refractivity contribution in [1.29, 1.82) is 0 Å². The number of nitrogens with zero attached hydrogens (tertiary/aromatic N) is 2. The maximum absolute atomic E-state index is 5.53. The summed E-state index contributed by atoms with van der Waals surface area (Å²) < 4.78 is 0. The average Bonchev–Trinajstić information content (AvgIpc) is 2.70. The zero-order valence-corrected chi connectivity index (χ0v) is 11.3. The van der Waals surface area contributed by atoms with E-state index in [1.807, 2.05) is 0 Å². The van der Waals surface area contributed by atoms with Gasteiger partial charge in [-0.2, -0.15) is 11.8 Å². The first-order valence-corrected chi connectivity index (χ1v) is 7.78. The maximum Gasteiger partial charge on any atom is 0.0941 e. The van der Waals surface area contributed by atoms with Gasteiger partial charge in [0, 0.05) is 42.4 Å². The summed E-state index contributed by atoms with van der Waals surface area (Å²) in [5, 5.41) is 3.36. The number of nitrogens with two attached hydrogens (primary N) is 1. The van der Waals surface area contributed by atoms with Crippen molar-refractivity contribution in [2.45, 2.75) is 25.9 Å². The minimum Gasteiger partial charge on any atom is -0.330 e. The molecule has 2 heterocycles. The van der Waals surface area contributed by atoms with Crippen molar-refractivity contribution >= 4 is 23.1 Å². The molecule has 0 saturated carbocycles. The molecule has 1 aliphatic rings. The van der Waals surface area contributed by atoms with Crippen LogP contribution in [0.4, 0.5) is 0 Å². The molecule has 16 heavy (non-hydrogen) atoms. The molecule has 1 unspecified atom stereocenters. The molecule has 1 fully saturated rings. The molecule has 1 aliphatic heterocycles. The summed E-state index contributed by atoms with van der Waals surface area (Å²) in [6, 6.07) is 0.679. The van der Waals surface area contributed by atoms with Crippen molar-refractivity contribution in [2.24, 2.45) is 5.73 Å². The van der Waals surface area contributed by atoms with Crippen LogP contribution in [0.15, 0.2) is 5.38 Å².